The van der Waals surface area contributed by atoms with Gasteiger partial charge in [0.05, 0.1) is 18.8 Å². The van der Waals surface area contributed by atoms with Crippen LogP contribution in [0.25, 0.3) is 0 Å². The number of aryl methyl sites for hydroxylation is 1. The summed E-state index contributed by atoms with van der Waals surface area (Å²) in [5, 5.41) is 15.7. The average Bonchev–Trinajstić information content (AvgIpc) is 2.47. The fourth-order valence-corrected chi connectivity index (χ4v) is 1.34. The molecule has 0 saturated heterocycles. The van der Waals surface area contributed by atoms with E-state index in [4.69, 9.17) is 5.11 Å². The minimum atomic E-state index is -0.0170. The average molecular weight is 211 g/mol. The Morgan fingerprint density at radius 1 is 1.67 bits per heavy atom. The molecule has 5 heteroatoms. The molecule has 0 fully saturated rings. The summed E-state index contributed by atoms with van der Waals surface area (Å²) in [5.41, 5.74) is 0.829. The highest BCUT2D eigenvalue weighted by atomic mass is 16.3. The normalized spacial score (nSPS) is 10.3. The quantitative estimate of drug-likeness (QED) is 0.761. The standard InChI is InChI=1S/C10H17N3O2/c1-3-4-10(15)11-9-7-8(2)12-13(9)5-6-14/h7,14H,3-6H2,1-2H3,(H,11,15). The number of hydrogen-bond acceptors (Lipinski definition) is 3. The lowest BCUT2D eigenvalue weighted by Gasteiger charge is -2.06. The number of carbonyl (C=O) groups is 1. The third-order valence-electron chi connectivity index (χ3n) is 1.96. The molecule has 15 heavy (non-hydrogen) atoms. The van der Waals surface area contributed by atoms with Gasteiger partial charge in [-0.05, 0) is 13.3 Å². The number of rotatable bonds is 5. The van der Waals surface area contributed by atoms with E-state index in [1.165, 1.54) is 0 Å². The molecule has 1 heterocycles. The second-order valence-electron chi connectivity index (χ2n) is 3.42. The molecule has 0 atom stereocenters. The van der Waals surface area contributed by atoms with Crippen LogP contribution in [-0.4, -0.2) is 27.4 Å². The van der Waals surface area contributed by atoms with E-state index in [-0.39, 0.29) is 12.5 Å². The summed E-state index contributed by atoms with van der Waals surface area (Å²) in [4.78, 5) is 11.4. The van der Waals surface area contributed by atoms with Crippen molar-refractivity contribution in [3.63, 3.8) is 0 Å². The molecular weight excluding hydrogens is 194 g/mol. The molecule has 0 bridgehead atoms. The van der Waals surface area contributed by atoms with Crippen molar-refractivity contribution in [3.05, 3.63) is 11.8 Å². The van der Waals surface area contributed by atoms with Crippen LogP contribution in [0.3, 0.4) is 0 Å². The fourth-order valence-electron chi connectivity index (χ4n) is 1.34. The summed E-state index contributed by atoms with van der Waals surface area (Å²) in [6, 6.07) is 1.79. The predicted octanol–water partition coefficient (Wildman–Crippen LogP) is 0.922. The summed E-state index contributed by atoms with van der Waals surface area (Å²) in [6.45, 7) is 4.21. The van der Waals surface area contributed by atoms with Crippen LogP contribution >= 0.6 is 0 Å². The highest BCUT2D eigenvalue weighted by Crippen LogP contribution is 2.10. The first-order chi connectivity index (χ1) is 7.17. The van der Waals surface area contributed by atoms with Crippen LogP contribution in [0.4, 0.5) is 5.82 Å². The predicted molar refractivity (Wildman–Crippen MR) is 57.6 cm³/mol. The molecule has 0 aliphatic carbocycles. The number of aliphatic hydroxyl groups excluding tert-OH is 1. The van der Waals surface area contributed by atoms with Gasteiger partial charge in [0.1, 0.15) is 5.82 Å². The number of aliphatic hydroxyl groups is 1. The van der Waals surface area contributed by atoms with Crippen molar-refractivity contribution in [1.82, 2.24) is 9.78 Å². The maximum absolute atomic E-state index is 11.4. The summed E-state index contributed by atoms with van der Waals surface area (Å²) in [7, 11) is 0. The van der Waals surface area contributed by atoms with Gasteiger partial charge >= 0.3 is 0 Å². The number of nitrogens with zero attached hydrogens (tertiary/aromatic N) is 2. The molecule has 5 nitrogen and oxygen atoms in total. The summed E-state index contributed by atoms with van der Waals surface area (Å²) in [6.07, 6.45) is 1.32. The van der Waals surface area contributed by atoms with Gasteiger partial charge < -0.3 is 10.4 Å². The van der Waals surface area contributed by atoms with Gasteiger partial charge in [0.2, 0.25) is 5.91 Å². The van der Waals surface area contributed by atoms with E-state index >= 15 is 0 Å². The molecular formula is C10H17N3O2. The molecule has 84 valence electrons. The van der Waals surface area contributed by atoms with Crippen LogP contribution in [-0.2, 0) is 11.3 Å². The van der Waals surface area contributed by atoms with E-state index in [1.54, 1.807) is 10.7 Å². The molecule has 0 unspecified atom stereocenters. The van der Waals surface area contributed by atoms with E-state index in [0.717, 1.165) is 12.1 Å². The Bertz CT molecular complexity index is 333. The first-order valence-electron chi connectivity index (χ1n) is 5.12. The lowest BCUT2D eigenvalue weighted by Crippen LogP contribution is -2.16. The molecule has 0 aliphatic rings. The molecule has 1 amide bonds. The Balaban J connectivity index is 2.70. The third-order valence-corrected chi connectivity index (χ3v) is 1.96. The molecule has 2 N–H and O–H groups in total. The minimum absolute atomic E-state index is 0.0117. The van der Waals surface area contributed by atoms with Gasteiger partial charge in [-0.25, -0.2) is 4.68 Å². The lowest BCUT2D eigenvalue weighted by atomic mass is 10.3. The zero-order chi connectivity index (χ0) is 11.3. The molecule has 0 aromatic carbocycles. The monoisotopic (exact) mass is 211 g/mol. The van der Waals surface area contributed by atoms with Gasteiger partial charge in [0.15, 0.2) is 0 Å². The van der Waals surface area contributed by atoms with Crippen LogP contribution in [0, 0.1) is 6.92 Å². The Morgan fingerprint density at radius 3 is 3.00 bits per heavy atom. The summed E-state index contributed by atoms with van der Waals surface area (Å²) >= 11 is 0. The zero-order valence-electron chi connectivity index (χ0n) is 9.16. The summed E-state index contributed by atoms with van der Waals surface area (Å²) in [5.74, 6) is 0.636. The van der Waals surface area contributed by atoms with Crippen molar-refractivity contribution in [2.24, 2.45) is 0 Å². The summed E-state index contributed by atoms with van der Waals surface area (Å²) < 4.78 is 1.60. The third kappa shape index (κ3) is 3.36. The second kappa shape index (κ2) is 5.50. The largest absolute Gasteiger partial charge is 0.394 e. The van der Waals surface area contributed by atoms with Crippen LogP contribution in [0.1, 0.15) is 25.5 Å². The smallest absolute Gasteiger partial charge is 0.225 e. The van der Waals surface area contributed by atoms with E-state index in [0.29, 0.717) is 18.8 Å². The molecule has 0 saturated carbocycles. The highest BCUT2D eigenvalue weighted by Gasteiger charge is 2.07. The number of hydrogen-bond donors (Lipinski definition) is 2. The van der Waals surface area contributed by atoms with Gasteiger partial charge in [-0.15, -0.1) is 0 Å². The number of amides is 1. The molecule has 1 aromatic heterocycles. The van der Waals surface area contributed by atoms with Crippen molar-refractivity contribution in [2.75, 3.05) is 11.9 Å². The van der Waals surface area contributed by atoms with Crippen LogP contribution in [0.5, 0.6) is 0 Å². The zero-order valence-corrected chi connectivity index (χ0v) is 9.16. The van der Waals surface area contributed by atoms with Crippen molar-refractivity contribution in [1.29, 1.82) is 0 Å². The van der Waals surface area contributed by atoms with Gasteiger partial charge in [-0.1, -0.05) is 6.92 Å². The lowest BCUT2D eigenvalue weighted by molar-refractivity contribution is -0.116. The number of nitrogens with one attached hydrogen (secondary N) is 1. The molecule has 1 rings (SSSR count). The Morgan fingerprint density at radius 2 is 2.40 bits per heavy atom. The van der Waals surface area contributed by atoms with Crippen molar-refractivity contribution in [2.45, 2.75) is 33.2 Å². The van der Waals surface area contributed by atoms with E-state index in [9.17, 15) is 4.79 Å². The molecule has 0 radical (unpaired) electrons. The first-order valence-corrected chi connectivity index (χ1v) is 5.12. The molecule has 0 spiro atoms. The van der Waals surface area contributed by atoms with E-state index in [2.05, 4.69) is 10.4 Å². The topological polar surface area (TPSA) is 67.2 Å². The first kappa shape index (κ1) is 11.7. The SMILES string of the molecule is CCCC(=O)Nc1cc(C)nn1CCO. The Kier molecular flexibility index (Phi) is 4.30. The van der Waals surface area contributed by atoms with E-state index < -0.39 is 0 Å². The molecule has 0 aliphatic heterocycles. The maximum Gasteiger partial charge on any atom is 0.225 e. The van der Waals surface area contributed by atoms with E-state index in [1.807, 2.05) is 13.8 Å². The van der Waals surface area contributed by atoms with Gasteiger partial charge in [-0.3, -0.25) is 4.79 Å². The number of anilines is 1. The Hall–Kier alpha value is -1.36. The minimum Gasteiger partial charge on any atom is -0.394 e. The van der Waals surface area contributed by atoms with Crippen LogP contribution in [0.15, 0.2) is 6.07 Å². The van der Waals surface area contributed by atoms with Crippen LogP contribution in [0.2, 0.25) is 0 Å². The van der Waals surface area contributed by atoms with Gasteiger partial charge in [0.25, 0.3) is 0 Å². The second-order valence-corrected chi connectivity index (χ2v) is 3.42. The maximum atomic E-state index is 11.4. The fraction of sp³-hybridized carbons (Fsp3) is 0.600. The Labute approximate surface area is 89.1 Å². The van der Waals surface area contributed by atoms with Gasteiger partial charge in [0, 0.05) is 12.5 Å². The van der Waals surface area contributed by atoms with Crippen LogP contribution < -0.4 is 5.32 Å². The van der Waals surface area contributed by atoms with Crippen molar-refractivity contribution < 1.29 is 9.90 Å². The van der Waals surface area contributed by atoms with Crippen molar-refractivity contribution in [3.8, 4) is 0 Å². The number of aromatic nitrogens is 2. The number of carbonyl (C=O) groups excluding carboxylic acids is 1. The highest BCUT2D eigenvalue weighted by molar-refractivity contribution is 5.89. The molecule has 1 aromatic rings. The van der Waals surface area contributed by atoms with Gasteiger partial charge in [-0.2, -0.15) is 5.10 Å². The van der Waals surface area contributed by atoms with Crippen molar-refractivity contribution >= 4 is 11.7 Å².